The van der Waals surface area contributed by atoms with Gasteiger partial charge in [-0.2, -0.15) is 0 Å². The molecular formula is C13H14ClFN4O2. The third-order valence-electron chi connectivity index (χ3n) is 3.14. The summed E-state index contributed by atoms with van der Waals surface area (Å²) in [6.45, 7) is 3.75. The lowest BCUT2D eigenvalue weighted by atomic mass is 10.0. The molecule has 6 nitrogen and oxygen atoms in total. The molecule has 0 bridgehead atoms. The molecule has 2 rings (SSSR count). The highest BCUT2D eigenvalue weighted by atomic mass is 35.5. The lowest BCUT2D eigenvalue weighted by Gasteiger charge is -2.20. The van der Waals surface area contributed by atoms with Gasteiger partial charge in [0.15, 0.2) is 5.82 Å². The van der Waals surface area contributed by atoms with E-state index in [2.05, 4.69) is 15.5 Å². The first-order chi connectivity index (χ1) is 9.90. The Bertz CT molecular complexity index is 659. The highest BCUT2D eigenvalue weighted by Gasteiger charge is 2.24. The fraction of sp³-hybridized carbons (Fsp3) is 0.385. The van der Waals surface area contributed by atoms with Crippen LogP contribution in [0.15, 0.2) is 18.2 Å². The number of aliphatic carboxylic acids is 1. The predicted octanol–water partition coefficient (Wildman–Crippen LogP) is 2.80. The summed E-state index contributed by atoms with van der Waals surface area (Å²) < 4.78 is 15.0. The zero-order valence-electron chi connectivity index (χ0n) is 11.5. The smallest absolute Gasteiger partial charge is 0.305 e. The maximum Gasteiger partial charge on any atom is 0.305 e. The molecule has 1 heterocycles. The fourth-order valence-corrected chi connectivity index (χ4v) is 2.14. The summed E-state index contributed by atoms with van der Waals surface area (Å²) in [6, 6.07) is 3.80. The van der Waals surface area contributed by atoms with Gasteiger partial charge in [-0.05, 0) is 34.5 Å². The monoisotopic (exact) mass is 312 g/mol. The van der Waals surface area contributed by atoms with E-state index in [-0.39, 0.29) is 17.4 Å². The first kappa shape index (κ1) is 15.4. The molecule has 0 aliphatic heterocycles. The molecule has 1 unspecified atom stereocenters. The molecule has 1 atom stereocenters. The first-order valence-corrected chi connectivity index (χ1v) is 6.73. The molecule has 0 fully saturated rings. The van der Waals surface area contributed by atoms with Gasteiger partial charge in [0.25, 0.3) is 0 Å². The Morgan fingerprint density at radius 2 is 2.19 bits per heavy atom. The third-order valence-corrected chi connectivity index (χ3v) is 3.44. The van der Waals surface area contributed by atoms with Gasteiger partial charge in [0.05, 0.1) is 17.5 Å². The molecule has 8 heteroatoms. The zero-order valence-corrected chi connectivity index (χ0v) is 12.3. The molecule has 0 aliphatic rings. The third kappa shape index (κ3) is 3.36. The zero-order chi connectivity index (χ0) is 15.6. The van der Waals surface area contributed by atoms with E-state index in [0.717, 1.165) is 0 Å². The van der Waals surface area contributed by atoms with Crippen LogP contribution in [0, 0.1) is 11.7 Å². The van der Waals surface area contributed by atoms with Crippen molar-refractivity contribution in [2.45, 2.75) is 26.3 Å². The lowest BCUT2D eigenvalue weighted by Crippen LogP contribution is -2.21. The number of carbonyl (C=O) groups is 1. The number of hydrogen-bond donors (Lipinski definition) is 1. The summed E-state index contributed by atoms with van der Waals surface area (Å²) in [7, 11) is 0. The number of halogens is 2. The van der Waals surface area contributed by atoms with Gasteiger partial charge in [-0.15, -0.1) is 5.10 Å². The second kappa shape index (κ2) is 6.17. The first-order valence-electron chi connectivity index (χ1n) is 6.35. The van der Waals surface area contributed by atoms with Gasteiger partial charge < -0.3 is 5.11 Å². The molecule has 0 saturated carbocycles. The van der Waals surface area contributed by atoms with Crippen molar-refractivity contribution in [2.24, 2.45) is 5.92 Å². The number of nitrogens with zero attached hydrogens (tertiary/aromatic N) is 4. The Morgan fingerprint density at radius 1 is 1.48 bits per heavy atom. The minimum Gasteiger partial charge on any atom is -0.481 e. The number of rotatable bonds is 5. The molecule has 1 aromatic carbocycles. The van der Waals surface area contributed by atoms with Gasteiger partial charge in [-0.3, -0.25) is 4.79 Å². The van der Waals surface area contributed by atoms with Crippen LogP contribution in [-0.2, 0) is 4.79 Å². The Labute approximate surface area is 125 Å². The van der Waals surface area contributed by atoms with Crippen LogP contribution in [0.3, 0.4) is 0 Å². The largest absolute Gasteiger partial charge is 0.481 e. The second-order valence-electron chi connectivity index (χ2n) is 4.99. The van der Waals surface area contributed by atoms with E-state index in [1.54, 1.807) is 6.07 Å². The standard InChI is InChI=1S/C13H14ClFN4O2/c1-7(2)11(6-12(20)21)19-13(16-17-18-19)8-3-4-9(14)10(15)5-8/h3-5,7,11H,6H2,1-2H3,(H,20,21). The van der Waals surface area contributed by atoms with Crippen LogP contribution in [-0.4, -0.2) is 31.3 Å². The van der Waals surface area contributed by atoms with Crippen molar-refractivity contribution in [1.82, 2.24) is 20.2 Å². The van der Waals surface area contributed by atoms with E-state index < -0.39 is 17.8 Å². The van der Waals surface area contributed by atoms with Gasteiger partial charge in [0.2, 0.25) is 0 Å². The molecule has 0 amide bonds. The highest BCUT2D eigenvalue weighted by molar-refractivity contribution is 6.30. The summed E-state index contributed by atoms with van der Waals surface area (Å²) in [5.74, 6) is -1.22. The number of tetrazole rings is 1. The van der Waals surface area contributed by atoms with Crippen molar-refractivity contribution in [3.05, 3.63) is 29.0 Å². The Hall–Kier alpha value is -2.02. The SMILES string of the molecule is CC(C)C(CC(=O)O)n1nnnc1-c1ccc(Cl)c(F)c1. The van der Waals surface area contributed by atoms with Gasteiger partial charge in [0.1, 0.15) is 5.82 Å². The number of carboxylic acid groups (broad SMARTS) is 1. The molecule has 2 aromatic rings. The minimum absolute atomic E-state index is 0.000460. The predicted molar refractivity (Wildman–Crippen MR) is 74.3 cm³/mol. The summed E-state index contributed by atoms with van der Waals surface area (Å²) in [5.41, 5.74) is 0.443. The van der Waals surface area contributed by atoms with Crippen LogP contribution in [0.1, 0.15) is 26.3 Å². The van der Waals surface area contributed by atoms with E-state index in [4.69, 9.17) is 16.7 Å². The van der Waals surface area contributed by atoms with Crippen LogP contribution in [0.25, 0.3) is 11.4 Å². The van der Waals surface area contributed by atoms with Crippen LogP contribution < -0.4 is 0 Å². The topological polar surface area (TPSA) is 80.9 Å². The number of hydrogen-bond acceptors (Lipinski definition) is 4. The summed E-state index contributed by atoms with van der Waals surface area (Å²) in [5, 5.41) is 20.3. The molecular weight excluding hydrogens is 299 g/mol. The summed E-state index contributed by atoms with van der Waals surface area (Å²) in [4.78, 5) is 11.0. The molecule has 1 N–H and O–H groups in total. The maximum atomic E-state index is 13.6. The number of aromatic nitrogens is 4. The van der Waals surface area contributed by atoms with Crippen molar-refractivity contribution >= 4 is 17.6 Å². The van der Waals surface area contributed by atoms with Gasteiger partial charge >= 0.3 is 5.97 Å². The van der Waals surface area contributed by atoms with Crippen LogP contribution in [0.4, 0.5) is 4.39 Å². The lowest BCUT2D eigenvalue weighted by molar-refractivity contribution is -0.138. The molecule has 0 aliphatic carbocycles. The molecule has 0 spiro atoms. The molecule has 21 heavy (non-hydrogen) atoms. The van der Waals surface area contributed by atoms with E-state index in [9.17, 15) is 9.18 Å². The molecule has 0 saturated heterocycles. The van der Waals surface area contributed by atoms with Gasteiger partial charge in [-0.25, -0.2) is 9.07 Å². The van der Waals surface area contributed by atoms with Crippen molar-refractivity contribution < 1.29 is 14.3 Å². The van der Waals surface area contributed by atoms with E-state index in [1.807, 2.05) is 13.8 Å². The quantitative estimate of drug-likeness (QED) is 0.918. The van der Waals surface area contributed by atoms with Crippen molar-refractivity contribution in [3.63, 3.8) is 0 Å². The summed E-state index contributed by atoms with van der Waals surface area (Å²) >= 11 is 5.65. The second-order valence-corrected chi connectivity index (χ2v) is 5.39. The van der Waals surface area contributed by atoms with E-state index >= 15 is 0 Å². The van der Waals surface area contributed by atoms with Crippen molar-refractivity contribution in [1.29, 1.82) is 0 Å². The molecule has 0 radical (unpaired) electrons. The van der Waals surface area contributed by atoms with Crippen molar-refractivity contribution in [3.8, 4) is 11.4 Å². The van der Waals surface area contributed by atoms with Gasteiger partial charge in [0, 0.05) is 5.56 Å². The average molecular weight is 313 g/mol. The van der Waals surface area contributed by atoms with Crippen LogP contribution in [0.2, 0.25) is 5.02 Å². The Kier molecular flexibility index (Phi) is 4.52. The Morgan fingerprint density at radius 3 is 2.76 bits per heavy atom. The maximum absolute atomic E-state index is 13.6. The van der Waals surface area contributed by atoms with Crippen LogP contribution >= 0.6 is 11.6 Å². The van der Waals surface area contributed by atoms with E-state index in [1.165, 1.54) is 16.8 Å². The summed E-state index contributed by atoms with van der Waals surface area (Å²) in [6.07, 6.45) is -0.119. The van der Waals surface area contributed by atoms with Gasteiger partial charge in [-0.1, -0.05) is 25.4 Å². The normalized spacial score (nSPS) is 12.6. The Balaban J connectivity index is 2.45. The fourth-order valence-electron chi connectivity index (χ4n) is 2.03. The van der Waals surface area contributed by atoms with E-state index in [0.29, 0.717) is 11.4 Å². The number of benzene rings is 1. The number of carboxylic acids is 1. The average Bonchev–Trinajstić information content (AvgIpc) is 2.87. The van der Waals surface area contributed by atoms with Crippen molar-refractivity contribution in [2.75, 3.05) is 0 Å². The van der Waals surface area contributed by atoms with Crippen LogP contribution in [0.5, 0.6) is 0 Å². The highest BCUT2D eigenvalue weighted by Crippen LogP contribution is 2.28. The molecule has 112 valence electrons. The molecule has 1 aromatic heterocycles. The minimum atomic E-state index is -0.947.